The number of halogens is 4. The second-order valence-electron chi connectivity index (χ2n) is 5.51. The van der Waals surface area contributed by atoms with Crippen LogP contribution in [0.4, 0.5) is 18.9 Å². The zero-order valence-corrected chi connectivity index (χ0v) is 16.5. The third kappa shape index (κ3) is 6.21. The summed E-state index contributed by atoms with van der Waals surface area (Å²) in [5.41, 5.74) is 1.25. The summed E-state index contributed by atoms with van der Waals surface area (Å²) in [6.07, 6.45) is -3.38. The minimum absolute atomic E-state index is 0.103. The lowest BCUT2D eigenvalue weighted by Gasteiger charge is -2.09. The van der Waals surface area contributed by atoms with E-state index in [1.807, 2.05) is 5.43 Å². The number of amides is 2. The van der Waals surface area contributed by atoms with Crippen LogP contribution in [0.2, 0.25) is 0 Å². The molecule has 0 saturated heterocycles. The summed E-state index contributed by atoms with van der Waals surface area (Å²) < 4.78 is 43.6. The molecule has 2 aromatic carbocycles. The third-order valence-electron chi connectivity index (χ3n) is 3.38. The summed E-state index contributed by atoms with van der Waals surface area (Å²) in [5, 5.41) is 15.5. The molecule has 2 aromatic rings. The molecule has 11 heteroatoms. The number of nitrogens with one attached hydrogen (secondary N) is 2. The maximum Gasteiger partial charge on any atom is 0.416 e. The van der Waals surface area contributed by atoms with Crippen molar-refractivity contribution in [1.82, 2.24) is 5.43 Å². The van der Waals surface area contributed by atoms with E-state index in [-0.39, 0.29) is 17.2 Å². The minimum atomic E-state index is -4.58. The summed E-state index contributed by atoms with van der Waals surface area (Å²) in [5.74, 6) is -2.28. The molecule has 0 radical (unpaired) electrons. The molecule has 0 heterocycles. The summed E-state index contributed by atoms with van der Waals surface area (Å²) >= 11 is 3.14. The van der Waals surface area contributed by atoms with Crippen LogP contribution in [0, 0.1) is 0 Å². The van der Waals surface area contributed by atoms with Crippen molar-refractivity contribution < 1.29 is 32.6 Å². The van der Waals surface area contributed by atoms with E-state index in [2.05, 4.69) is 26.3 Å². The highest BCUT2D eigenvalue weighted by Crippen LogP contribution is 2.35. The predicted octanol–water partition coefficient (Wildman–Crippen LogP) is 3.66. The van der Waals surface area contributed by atoms with E-state index in [0.29, 0.717) is 22.7 Å². The molecule has 154 valence electrons. The highest BCUT2D eigenvalue weighted by molar-refractivity contribution is 9.10. The first-order chi connectivity index (χ1) is 13.6. The second-order valence-corrected chi connectivity index (χ2v) is 6.37. The summed E-state index contributed by atoms with van der Waals surface area (Å²) in [6.45, 7) is 2.05. The molecular formula is C18H15BrF3N3O4. The van der Waals surface area contributed by atoms with Crippen molar-refractivity contribution >= 4 is 39.6 Å². The highest BCUT2D eigenvalue weighted by atomic mass is 79.9. The number of carbonyl (C=O) groups is 2. The molecular weight excluding hydrogens is 459 g/mol. The van der Waals surface area contributed by atoms with Gasteiger partial charge in [0.25, 0.3) is 0 Å². The highest BCUT2D eigenvalue weighted by Gasteiger charge is 2.30. The van der Waals surface area contributed by atoms with Crippen molar-refractivity contribution in [3.8, 4) is 11.5 Å². The number of hydrogen-bond acceptors (Lipinski definition) is 5. The zero-order valence-electron chi connectivity index (χ0n) is 14.9. The molecule has 0 spiro atoms. The van der Waals surface area contributed by atoms with Gasteiger partial charge in [-0.2, -0.15) is 18.3 Å². The van der Waals surface area contributed by atoms with Gasteiger partial charge in [0.15, 0.2) is 11.5 Å². The van der Waals surface area contributed by atoms with Crippen molar-refractivity contribution in [1.29, 1.82) is 0 Å². The molecule has 0 bridgehead atoms. The Morgan fingerprint density at radius 2 is 1.97 bits per heavy atom. The first-order valence-corrected chi connectivity index (χ1v) is 8.88. The lowest BCUT2D eigenvalue weighted by molar-refractivity contribution is -0.137. The van der Waals surface area contributed by atoms with Crippen LogP contribution in [0.3, 0.4) is 0 Å². The van der Waals surface area contributed by atoms with E-state index in [9.17, 15) is 27.9 Å². The molecule has 0 atom stereocenters. The van der Waals surface area contributed by atoms with Crippen molar-refractivity contribution in [2.45, 2.75) is 13.1 Å². The fourth-order valence-electron chi connectivity index (χ4n) is 2.11. The van der Waals surface area contributed by atoms with Crippen molar-refractivity contribution in [3.63, 3.8) is 0 Å². The standard InChI is InChI=1S/C18H15BrF3N3O4/c1-2-29-14-7-10(6-13(19)15(14)26)9-23-25-17(28)16(27)24-12-5-3-4-11(8-12)18(20,21)22/h3-9,26H,2H2,1H3,(H,24,27)(H,25,28). The number of anilines is 1. The van der Waals surface area contributed by atoms with Crippen LogP contribution in [-0.2, 0) is 15.8 Å². The van der Waals surface area contributed by atoms with Gasteiger partial charge >= 0.3 is 18.0 Å². The maximum atomic E-state index is 12.7. The fraction of sp³-hybridized carbons (Fsp3) is 0.167. The molecule has 0 aliphatic rings. The Hall–Kier alpha value is -3.08. The van der Waals surface area contributed by atoms with E-state index in [1.165, 1.54) is 24.4 Å². The SMILES string of the molecule is CCOc1cc(C=NNC(=O)C(=O)Nc2cccc(C(F)(F)F)c2)cc(Br)c1O. The minimum Gasteiger partial charge on any atom is -0.503 e. The maximum absolute atomic E-state index is 12.7. The van der Waals surface area contributed by atoms with E-state index in [1.54, 1.807) is 6.92 Å². The average Bonchev–Trinajstić information content (AvgIpc) is 2.65. The summed E-state index contributed by atoms with van der Waals surface area (Å²) in [7, 11) is 0. The molecule has 0 saturated carbocycles. The van der Waals surface area contributed by atoms with Crippen LogP contribution in [-0.4, -0.2) is 29.7 Å². The molecule has 2 rings (SSSR count). The number of hydrazone groups is 1. The number of rotatable bonds is 5. The normalized spacial score (nSPS) is 11.3. The molecule has 3 N–H and O–H groups in total. The van der Waals surface area contributed by atoms with Gasteiger partial charge in [-0.15, -0.1) is 0 Å². The van der Waals surface area contributed by atoms with E-state index in [0.717, 1.165) is 12.1 Å². The van der Waals surface area contributed by atoms with Crippen molar-refractivity contribution in [2.24, 2.45) is 5.10 Å². The molecule has 0 unspecified atom stereocenters. The van der Waals surface area contributed by atoms with Crippen LogP contribution in [0.1, 0.15) is 18.1 Å². The van der Waals surface area contributed by atoms with E-state index < -0.39 is 23.6 Å². The summed E-state index contributed by atoms with van der Waals surface area (Å²) in [4.78, 5) is 23.6. The van der Waals surface area contributed by atoms with Crippen LogP contribution in [0.25, 0.3) is 0 Å². The fourth-order valence-corrected chi connectivity index (χ4v) is 2.57. The Bertz CT molecular complexity index is 948. The Balaban J connectivity index is 2.01. The molecule has 0 aliphatic carbocycles. The number of ether oxygens (including phenoxy) is 1. The van der Waals surface area contributed by atoms with Gasteiger partial charge in [-0.3, -0.25) is 9.59 Å². The van der Waals surface area contributed by atoms with Gasteiger partial charge in [0, 0.05) is 5.69 Å². The number of phenolic OH excluding ortho intramolecular Hbond substituents is 1. The first kappa shape index (κ1) is 22.2. The number of phenols is 1. The van der Waals surface area contributed by atoms with Crippen molar-refractivity contribution in [2.75, 3.05) is 11.9 Å². The number of hydrogen-bond donors (Lipinski definition) is 3. The number of alkyl halides is 3. The third-order valence-corrected chi connectivity index (χ3v) is 3.99. The average molecular weight is 474 g/mol. The lowest BCUT2D eigenvalue weighted by Crippen LogP contribution is -2.32. The molecule has 7 nitrogen and oxygen atoms in total. The van der Waals surface area contributed by atoms with Crippen LogP contribution in [0.5, 0.6) is 11.5 Å². The molecule has 29 heavy (non-hydrogen) atoms. The second kappa shape index (κ2) is 9.41. The van der Waals surface area contributed by atoms with E-state index in [4.69, 9.17) is 4.74 Å². The monoisotopic (exact) mass is 473 g/mol. The number of aromatic hydroxyl groups is 1. The Morgan fingerprint density at radius 3 is 2.62 bits per heavy atom. The Labute approximate surface area is 171 Å². The topological polar surface area (TPSA) is 100 Å². The molecule has 0 aliphatic heterocycles. The van der Waals surface area contributed by atoms with Gasteiger partial charge in [0.1, 0.15) is 0 Å². The van der Waals surface area contributed by atoms with Gasteiger partial charge in [-0.1, -0.05) is 6.07 Å². The summed E-state index contributed by atoms with van der Waals surface area (Å²) in [6, 6.07) is 6.82. The van der Waals surface area contributed by atoms with Crippen LogP contribution in [0.15, 0.2) is 46.0 Å². The lowest BCUT2D eigenvalue weighted by atomic mass is 10.2. The molecule has 2 amide bonds. The van der Waals surface area contributed by atoms with Gasteiger partial charge in [-0.05, 0) is 58.7 Å². The van der Waals surface area contributed by atoms with Gasteiger partial charge in [-0.25, -0.2) is 5.43 Å². The van der Waals surface area contributed by atoms with Crippen LogP contribution < -0.4 is 15.5 Å². The number of carbonyl (C=O) groups excluding carboxylic acids is 2. The quantitative estimate of drug-likeness (QED) is 0.350. The van der Waals surface area contributed by atoms with Gasteiger partial charge < -0.3 is 15.2 Å². The number of nitrogens with zero attached hydrogens (tertiary/aromatic N) is 1. The van der Waals surface area contributed by atoms with Gasteiger partial charge in [0.2, 0.25) is 0 Å². The first-order valence-electron chi connectivity index (χ1n) is 8.08. The largest absolute Gasteiger partial charge is 0.503 e. The Morgan fingerprint density at radius 1 is 1.24 bits per heavy atom. The van der Waals surface area contributed by atoms with E-state index >= 15 is 0 Å². The molecule has 0 aromatic heterocycles. The Kier molecular flexibility index (Phi) is 7.21. The molecule has 0 fully saturated rings. The van der Waals surface area contributed by atoms with Crippen LogP contribution >= 0.6 is 15.9 Å². The predicted molar refractivity (Wildman–Crippen MR) is 103 cm³/mol. The number of benzene rings is 2. The zero-order chi connectivity index (χ0) is 21.6. The smallest absolute Gasteiger partial charge is 0.416 e. The van der Waals surface area contributed by atoms with Gasteiger partial charge in [0.05, 0.1) is 22.9 Å². The van der Waals surface area contributed by atoms with Crippen molar-refractivity contribution in [3.05, 3.63) is 52.0 Å².